The highest BCUT2D eigenvalue weighted by molar-refractivity contribution is 6.68. The number of aliphatic hydroxyl groups is 1. The Morgan fingerprint density at radius 2 is 1.81 bits per heavy atom. The highest BCUT2D eigenvalue weighted by Gasteiger charge is 2.31. The molecule has 0 aliphatic carbocycles. The molecule has 0 amide bonds. The van der Waals surface area contributed by atoms with Gasteiger partial charge in [0.25, 0.3) is 0 Å². The Kier molecular flexibility index (Phi) is 4.44. The van der Waals surface area contributed by atoms with Crippen LogP contribution in [0.1, 0.15) is 18.6 Å². The van der Waals surface area contributed by atoms with Crippen molar-refractivity contribution in [2.24, 2.45) is 0 Å². The summed E-state index contributed by atoms with van der Waals surface area (Å²) in [5.74, 6) is -0.0533. The van der Waals surface area contributed by atoms with E-state index in [1.165, 1.54) is 31.2 Å². The van der Waals surface area contributed by atoms with Gasteiger partial charge >= 0.3 is 5.97 Å². The van der Waals surface area contributed by atoms with Crippen LogP contribution in [-0.4, -0.2) is 14.9 Å². The second kappa shape index (κ2) is 5.23. The molecule has 6 heteroatoms. The maximum absolute atomic E-state index is 10.7. The Morgan fingerprint density at radius 1 is 1.31 bits per heavy atom. The summed E-state index contributed by atoms with van der Waals surface area (Å²) in [5.41, 5.74) is 0.427. The normalized spacial score (nSPS) is 13.3. The van der Waals surface area contributed by atoms with E-state index in [0.717, 1.165) is 0 Å². The van der Waals surface area contributed by atoms with Crippen molar-refractivity contribution in [3.05, 3.63) is 29.8 Å². The van der Waals surface area contributed by atoms with Crippen molar-refractivity contribution < 1.29 is 14.6 Å². The molecule has 1 aromatic rings. The third-order valence-corrected chi connectivity index (χ3v) is 2.39. The Balaban J connectivity index is 2.83. The molecule has 16 heavy (non-hydrogen) atoms. The van der Waals surface area contributed by atoms with Gasteiger partial charge in [-0.2, -0.15) is 0 Å². The van der Waals surface area contributed by atoms with Gasteiger partial charge in [-0.25, -0.2) is 0 Å². The van der Waals surface area contributed by atoms with Crippen LogP contribution in [0, 0.1) is 0 Å². The molecular weight excluding hydrogens is 274 g/mol. The summed E-state index contributed by atoms with van der Waals surface area (Å²) in [6, 6.07) is 6.06. The van der Waals surface area contributed by atoms with E-state index in [0.29, 0.717) is 11.3 Å². The van der Waals surface area contributed by atoms with Gasteiger partial charge in [0.05, 0.1) is 0 Å². The number of hydrogen-bond donors (Lipinski definition) is 1. The van der Waals surface area contributed by atoms with Crippen molar-refractivity contribution in [2.75, 3.05) is 0 Å². The zero-order valence-corrected chi connectivity index (χ0v) is 10.6. The van der Waals surface area contributed by atoms with Gasteiger partial charge in [0.15, 0.2) is 0 Å². The van der Waals surface area contributed by atoms with Gasteiger partial charge in [0.2, 0.25) is 3.79 Å². The summed E-state index contributed by atoms with van der Waals surface area (Å²) >= 11 is 16.6. The molecule has 88 valence electrons. The van der Waals surface area contributed by atoms with E-state index < -0.39 is 15.9 Å². The van der Waals surface area contributed by atoms with Crippen LogP contribution in [0.15, 0.2) is 24.3 Å². The van der Waals surface area contributed by atoms with Gasteiger partial charge in [0, 0.05) is 6.92 Å². The highest BCUT2D eigenvalue weighted by atomic mass is 35.6. The van der Waals surface area contributed by atoms with Crippen LogP contribution < -0.4 is 4.74 Å². The van der Waals surface area contributed by atoms with E-state index in [1.54, 1.807) is 0 Å². The van der Waals surface area contributed by atoms with Crippen molar-refractivity contribution in [2.45, 2.75) is 16.8 Å². The van der Waals surface area contributed by atoms with Crippen LogP contribution in [0.5, 0.6) is 5.75 Å². The number of hydrogen-bond acceptors (Lipinski definition) is 3. The van der Waals surface area contributed by atoms with E-state index in [2.05, 4.69) is 0 Å². The largest absolute Gasteiger partial charge is 0.427 e. The molecule has 0 aliphatic rings. The smallest absolute Gasteiger partial charge is 0.308 e. The minimum absolute atomic E-state index is 0.368. The Morgan fingerprint density at radius 3 is 2.19 bits per heavy atom. The molecule has 1 rings (SSSR count). The fraction of sp³-hybridized carbons (Fsp3) is 0.300. The van der Waals surface area contributed by atoms with E-state index >= 15 is 0 Å². The van der Waals surface area contributed by atoms with Gasteiger partial charge in [-0.1, -0.05) is 46.9 Å². The van der Waals surface area contributed by atoms with Crippen molar-refractivity contribution >= 4 is 40.8 Å². The fourth-order valence-corrected chi connectivity index (χ4v) is 1.45. The second-order valence-electron chi connectivity index (χ2n) is 3.11. The first-order valence-electron chi connectivity index (χ1n) is 4.34. The van der Waals surface area contributed by atoms with Crippen LogP contribution in [-0.2, 0) is 4.79 Å². The molecule has 0 spiro atoms. The molecule has 3 nitrogen and oxygen atoms in total. The number of aliphatic hydroxyl groups excluding tert-OH is 1. The average molecular weight is 284 g/mol. The van der Waals surface area contributed by atoms with Gasteiger partial charge in [0.1, 0.15) is 11.9 Å². The van der Waals surface area contributed by atoms with Crippen LogP contribution in [0.3, 0.4) is 0 Å². The zero-order chi connectivity index (χ0) is 12.3. The molecule has 1 unspecified atom stereocenters. The third-order valence-electron chi connectivity index (χ3n) is 1.77. The lowest BCUT2D eigenvalue weighted by atomic mass is 10.1. The minimum Gasteiger partial charge on any atom is -0.427 e. The lowest BCUT2D eigenvalue weighted by Gasteiger charge is -2.19. The van der Waals surface area contributed by atoms with Gasteiger partial charge in [-0.05, 0) is 17.7 Å². The molecule has 0 saturated heterocycles. The summed E-state index contributed by atoms with van der Waals surface area (Å²) < 4.78 is 3.03. The lowest BCUT2D eigenvalue weighted by molar-refractivity contribution is -0.131. The molecule has 0 radical (unpaired) electrons. The van der Waals surface area contributed by atoms with Crippen LogP contribution in [0.2, 0.25) is 0 Å². The summed E-state index contributed by atoms with van der Waals surface area (Å²) in [4.78, 5) is 10.7. The molecule has 0 heterocycles. The first-order chi connectivity index (χ1) is 7.30. The molecule has 1 atom stereocenters. The van der Waals surface area contributed by atoms with Gasteiger partial charge in [-0.15, -0.1) is 0 Å². The SMILES string of the molecule is CC(=O)Oc1ccc(C(O)C(Cl)(Cl)Cl)cc1. The van der Waals surface area contributed by atoms with E-state index in [-0.39, 0.29) is 0 Å². The third kappa shape index (κ3) is 3.83. The zero-order valence-electron chi connectivity index (χ0n) is 8.28. The monoisotopic (exact) mass is 282 g/mol. The van der Waals surface area contributed by atoms with Gasteiger partial charge < -0.3 is 9.84 Å². The molecule has 0 aromatic heterocycles. The number of carbonyl (C=O) groups excluding carboxylic acids is 1. The molecule has 0 saturated carbocycles. The fourth-order valence-electron chi connectivity index (χ4n) is 1.07. The summed E-state index contributed by atoms with van der Waals surface area (Å²) in [6.07, 6.45) is -1.23. The average Bonchev–Trinajstić information content (AvgIpc) is 2.15. The number of esters is 1. The number of ether oxygens (including phenoxy) is 1. The van der Waals surface area contributed by atoms with Crippen molar-refractivity contribution in [3.63, 3.8) is 0 Å². The van der Waals surface area contributed by atoms with Crippen molar-refractivity contribution in [1.82, 2.24) is 0 Å². The summed E-state index contributed by atoms with van der Waals surface area (Å²) in [7, 11) is 0. The maximum Gasteiger partial charge on any atom is 0.308 e. The quantitative estimate of drug-likeness (QED) is 0.515. The number of halogens is 3. The van der Waals surface area contributed by atoms with Gasteiger partial charge in [-0.3, -0.25) is 4.79 Å². The first-order valence-corrected chi connectivity index (χ1v) is 5.47. The summed E-state index contributed by atoms with van der Waals surface area (Å²) in [5, 5.41) is 9.63. The maximum atomic E-state index is 10.7. The number of carbonyl (C=O) groups is 1. The van der Waals surface area contributed by atoms with E-state index in [1.807, 2.05) is 0 Å². The van der Waals surface area contributed by atoms with Crippen molar-refractivity contribution in [1.29, 1.82) is 0 Å². The predicted molar refractivity (Wildman–Crippen MR) is 63.0 cm³/mol. The molecule has 0 aliphatic heterocycles. The minimum atomic E-state index is -1.79. The summed E-state index contributed by atoms with van der Waals surface area (Å²) in [6.45, 7) is 1.30. The Labute approximate surface area is 108 Å². The number of alkyl halides is 3. The van der Waals surface area contributed by atoms with Crippen molar-refractivity contribution in [3.8, 4) is 5.75 Å². The number of rotatable bonds is 2. The van der Waals surface area contributed by atoms with E-state index in [4.69, 9.17) is 39.5 Å². The highest BCUT2D eigenvalue weighted by Crippen LogP contribution is 2.39. The molecule has 0 fully saturated rings. The molecule has 1 N–H and O–H groups in total. The van der Waals surface area contributed by atoms with E-state index in [9.17, 15) is 9.90 Å². The lowest BCUT2D eigenvalue weighted by Crippen LogP contribution is -2.16. The second-order valence-corrected chi connectivity index (χ2v) is 5.48. The molecular formula is C10H9Cl3O3. The first kappa shape index (κ1) is 13.6. The molecule has 1 aromatic carbocycles. The Hall–Kier alpha value is -0.480. The van der Waals surface area contributed by atoms with Crippen LogP contribution in [0.25, 0.3) is 0 Å². The topological polar surface area (TPSA) is 46.5 Å². The molecule has 0 bridgehead atoms. The van der Waals surface area contributed by atoms with Crippen LogP contribution in [0.4, 0.5) is 0 Å². The standard InChI is InChI=1S/C10H9Cl3O3/c1-6(14)16-8-4-2-7(3-5-8)9(15)10(11,12)13/h2-5,9,15H,1H3. The Bertz CT molecular complexity index is 370. The number of benzene rings is 1. The van der Waals surface area contributed by atoms with Crippen LogP contribution >= 0.6 is 34.8 Å². The predicted octanol–water partition coefficient (Wildman–Crippen LogP) is 3.02.